The third kappa shape index (κ3) is 5.26. The maximum absolute atomic E-state index is 13.5. The van der Waals surface area contributed by atoms with E-state index in [4.69, 9.17) is 4.74 Å². The number of halogens is 1. The minimum absolute atomic E-state index is 0.154. The number of urea groups is 1. The van der Waals surface area contributed by atoms with Crippen molar-refractivity contribution in [3.8, 4) is 5.75 Å². The highest BCUT2D eigenvalue weighted by Crippen LogP contribution is 2.19. The number of hydrogen-bond acceptors (Lipinski definition) is 2. The molecule has 0 aliphatic rings. The molecule has 2 aromatic rings. The molecule has 0 saturated heterocycles. The van der Waals surface area contributed by atoms with Gasteiger partial charge in [0.15, 0.2) is 0 Å². The van der Waals surface area contributed by atoms with Crippen molar-refractivity contribution >= 4 is 6.03 Å². The van der Waals surface area contributed by atoms with Crippen molar-refractivity contribution in [3.63, 3.8) is 0 Å². The number of hydrogen-bond donors (Lipinski definition) is 2. The Morgan fingerprint density at radius 1 is 1.21 bits per heavy atom. The Morgan fingerprint density at radius 2 is 2.00 bits per heavy atom. The summed E-state index contributed by atoms with van der Waals surface area (Å²) in [6, 6.07) is 13.8. The Kier molecular flexibility index (Phi) is 6.61. The molecule has 0 spiro atoms. The number of carbonyl (C=O) groups excluding carboxylic acids is 1. The first-order valence-electron chi connectivity index (χ1n) is 8.10. The number of carbonyl (C=O) groups is 1. The maximum atomic E-state index is 13.5. The second kappa shape index (κ2) is 8.91. The fourth-order valence-electron chi connectivity index (χ4n) is 2.38. The molecular weight excluding hydrogens is 307 g/mol. The quantitative estimate of drug-likeness (QED) is 0.811. The summed E-state index contributed by atoms with van der Waals surface area (Å²) in [7, 11) is 0. The predicted molar refractivity (Wildman–Crippen MR) is 92.7 cm³/mol. The Hall–Kier alpha value is -2.56. The normalized spacial score (nSPS) is 11.6. The van der Waals surface area contributed by atoms with Gasteiger partial charge in [-0.3, -0.25) is 0 Å². The van der Waals surface area contributed by atoms with E-state index in [1.165, 1.54) is 6.07 Å². The first kappa shape index (κ1) is 17.8. The Morgan fingerprint density at radius 3 is 2.75 bits per heavy atom. The topological polar surface area (TPSA) is 50.4 Å². The summed E-state index contributed by atoms with van der Waals surface area (Å²) in [5.41, 5.74) is 1.56. The molecule has 0 bridgehead atoms. The lowest BCUT2D eigenvalue weighted by Gasteiger charge is -2.16. The van der Waals surface area contributed by atoms with Crippen LogP contribution in [0.15, 0.2) is 48.5 Å². The van der Waals surface area contributed by atoms with Gasteiger partial charge >= 0.3 is 6.03 Å². The van der Waals surface area contributed by atoms with Crippen LogP contribution in [0, 0.1) is 5.82 Å². The molecule has 1 unspecified atom stereocenters. The first-order chi connectivity index (χ1) is 11.6. The van der Waals surface area contributed by atoms with Crippen molar-refractivity contribution in [1.82, 2.24) is 10.6 Å². The summed E-state index contributed by atoms with van der Waals surface area (Å²) in [6.45, 7) is 4.80. The van der Waals surface area contributed by atoms with Crippen LogP contribution in [0.2, 0.25) is 0 Å². The van der Waals surface area contributed by atoms with Crippen molar-refractivity contribution < 1.29 is 13.9 Å². The van der Waals surface area contributed by atoms with E-state index in [1.807, 2.05) is 38.1 Å². The maximum Gasteiger partial charge on any atom is 0.315 e. The van der Waals surface area contributed by atoms with E-state index in [0.29, 0.717) is 25.1 Å². The summed E-state index contributed by atoms with van der Waals surface area (Å²) in [6.07, 6.45) is 0.453. The lowest BCUT2D eigenvalue weighted by molar-refractivity contribution is 0.238. The molecule has 0 aliphatic carbocycles. The number of ether oxygens (including phenoxy) is 1. The van der Waals surface area contributed by atoms with Crippen LogP contribution in [0.4, 0.5) is 9.18 Å². The zero-order chi connectivity index (χ0) is 17.4. The van der Waals surface area contributed by atoms with E-state index in [0.717, 1.165) is 11.3 Å². The van der Waals surface area contributed by atoms with Crippen LogP contribution in [0.1, 0.15) is 31.0 Å². The summed E-state index contributed by atoms with van der Waals surface area (Å²) in [5.74, 6) is 0.532. The molecule has 0 heterocycles. The number of benzene rings is 2. The van der Waals surface area contributed by atoms with Gasteiger partial charge in [0.25, 0.3) is 0 Å². The van der Waals surface area contributed by atoms with Gasteiger partial charge in [-0.05, 0) is 49.6 Å². The van der Waals surface area contributed by atoms with Crippen LogP contribution >= 0.6 is 0 Å². The molecule has 0 fully saturated rings. The van der Waals surface area contributed by atoms with Gasteiger partial charge in [-0.2, -0.15) is 0 Å². The molecular formula is C19H23FN2O2. The second-order valence-electron chi connectivity index (χ2n) is 5.47. The summed E-state index contributed by atoms with van der Waals surface area (Å²) < 4.78 is 19.0. The van der Waals surface area contributed by atoms with Crippen molar-refractivity contribution in [2.75, 3.05) is 13.2 Å². The van der Waals surface area contributed by atoms with Crippen molar-refractivity contribution in [1.29, 1.82) is 0 Å². The van der Waals surface area contributed by atoms with Gasteiger partial charge in [0.05, 0.1) is 12.6 Å². The summed E-state index contributed by atoms with van der Waals surface area (Å²) in [4.78, 5) is 12.0. The van der Waals surface area contributed by atoms with Gasteiger partial charge in [0.1, 0.15) is 11.6 Å². The smallest absolute Gasteiger partial charge is 0.315 e. The highest BCUT2D eigenvalue weighted by Gasteiger charge is 2.10. The van der Waals surface area contributed by atoms with Gasteiger partial charge in [-0.25, -0.2) is 9.18 Å². The molecule has 4 nitrogen and oxygen atoms in total. The minimum atomic E-state index is -0.277. The van der Waals surface area contributed by atoms with E-state index in [2.05, 4.69) is 10.6 Å². The zero-order valence-corrected chi connectivity index (χ0v) is 14.0. The van der Waals surface area contributed by atoms with Crippen LogP contribution in [0.25, 0.3) is 0 Å². The number of nitrogens with one attached hydrogen (secondary N) is 2. The molecule has 2 amide bonds. The molecule has 0 radical (unpaired) electrons. The molecule has 2 N–H and O–H groups in total. The van der Waals surface area contributed by atoms with E-state index < -0.39 is 0 Å². The monoisotopic (exact) mass is 330 g/mol. The number of rotatable bonds is 7. The summed E-state index contributed by atoms with van der Waals surface area (Å²) >= 11 is 0. The van der Waals surface area contributed by atoms with Crippen LogP contribution in [-0.4, -0.2) is 19.2 Å². The molecule has 128 valence electrons. The van der Waals surface area contributed by atoms with Gasteiger partial charge in [-0.15, -0.1) is 0 Å². The molecule has 0 aliphatic heterocycles. The lowest BCUT2D eigenvalue weighted by Crippen LogP contribution is -2.38. The Bertz CT molecular complexity index is 676. The average molecular weight is 330 g/mol. The largest absolute Gasteiger partial charge is 0.494 e. The minimum Gasteiger partial charge on any atom is -0.494 e. The third-order valence-corrected chi connectivity index (χ3v) is 3.65. The van der Waals surface area contributed by atoms with Gasteiger partial charge in [0.2, 0.25) is 0 Å². The van der Waals surface area contributed by atoms with Crippen molar-refractivity contribution in [3.05, 3.63) is 65.5 Å². The highest BCUT2D eigenvalue weighted by molar-refractivity contribution is 5.74. The van der Waals surface area contributed by atoms with Crippen LogP contribution in [-0.2, 0) is 6.42 Å². The van der Waals surface area contributed by atoms with Crippen molar-refractivity contribution in [2.45, 2.75) is 26.3 Å². The molecule has 0 aromatic heterocycles. The molecule has 24 heavy (non-hydrogen) atoms. The van der Waals surface area contributed by atoms with Crippen LogP contribution < -0.4 is 15.4 Å². The molecule has 1 atom stereocenters. The summed E-state index contributed by atoms with van der Waals surface area (Å²) in [5, 5.41) is 5.62. The van der Waals surface area contributed by atoms with Gasteiger partial charge in [0, 0.05) is 6.54 Å². The van der Waals surface area contributed by atoms with Crippen molar-refractivity contribution in [2.24, 2.45) is 0 Å². The second-order valence-corrected chi connectivity index (χ2v) is 5.47. The molecule has 2 rings (SSSR count). The SMILES string of the molecule is CCOc1cccc(C(C)NC(=O)NCCc2ccccc2F)c1. The molecule has 5 heteroatoms. The lowest BCUT2D eigenvalue weighted by atomic mass is 10.1. The van der Waals surface area contributed by atoms with Gasteiger partial charge in [-0.1, -0.05) is 30.3 Å². The van der Waals surface area contributed by atoms with E-state index in [-0.39, 0.29) is 17.9 Å². The molecule has 0 saturated carbocycles. The van der Waals surface area contributed by atoms with Crippen LogP contribution in [0.5, 0.6) is 5.75 Å². The molecule has 2 aromatic carbocycles. The van der Waals surface area contributed by atoms with Crippen LogP contribution in [0.3, 0.4) is 0 Å². The van der Waals surface area contributed by atoms with E-state index in [9.17, 15) is 9.18 Å². The Balaban J connectivity index is 1.81. The number of amides is 2. The fourth-order valence-corrected chi connectivity index (χ4v) is 2.38. The predicted octanol–water partition coefficient (Wildman–Crippen LogP) is 3.83. The average Bonchev–Trinajstić information content (AvgIpc) is 2.57. The van der Waals surface area contributed by atoms with E-state index >= 15 is 0 Å². The van der Waals surface area contributed by atoms with E-state index in [1.54, 1.807) is 18.2 Å². The highest BCUT2D eigenvalue weighted by atomic mass is 19.1. The van der Waals surface area contributed by atoms with Gasteiger partial charge < -0.3 is 15.4 Å². The zero-order valence-electron chi connectivity index (χ0n) is 14.0. The third-order valence-electron chi connectivity index (χ3n) is 3.65. The standard InChI is InChI=1S/C19H23FN2O2/c1-3-24-17-9-6-8-16(13-17)14(2)22-19(23)21-12-11-15-7-4-5-10-18(15)20/h4-10,13-14H,3,11-12H2,1-2H3,(H2,21,22,23). The Labute approximate surface area is 142 Å². The fraction of sp³-hybridized carbons (Fsp3) is 0.316. The first-order valence-corrected chi connectivity index (χ1v) is 8.10.